The summed E-state index contributed by atoms with van der Waals surface area (Å²) in [5.41, 5.74) is 3.44. The molecule has 0 unspecified atom stereocenters. The van der Waals surface area contributed by atoms with Gasteiger partial charge in [0, 0.05) is 17.8 Å². The lowest BCUT2D eigenvalue weighted by atomic mass is 10.0. The average molecular weight is 357 g/mol. The molecule has 0 amide bonds. The molecule has 2 aromatic rings. The van der Waals surface area contributed by atoms with Crippen molar-refractivity contribution < 1.29 is 19.3 Å². The van der Waals surface area contributed by atoms with E-state index in [9.17, 15) is 5.11 Å². The zero-order valence-corrected chi connectivity index (χ0v) is 15.3. The van der Waals surface area contributed by atoms with Crippen molar-refractivity contribution in [3.8, 4) is 11.6 Å². The molecule has 0 saturated carbocycles. The Hall–Kier alpha value is -2.11. The van der Waals surface area contributed by atoms with Crippen LogP contribution in [-0.2, 0) is 28.7 Å². The number of hydrogen-bond acceptors (Lipinski definition) is 5. The largest absolute Gasteiger partial charge is 0.508 e. The molecular weight excluding hydrogens is 330 g/mol. The van der Waals surface area contributed by atoms with Crippen molar-refractivity contribution in [1.82, 2.24) is 4.98 Å². The van der Waals surface area contributed by atoms with Crippen molar-refractivity contribution in [3.63, 3.8) is 0 Å². The van der Waals surface area contributed by atoms with Crippen LogP contribution in [0.25, 0.3) is 0 Å². The minimum atomic E-state index is -0.363. The van der Waals surface area contributed by atoms with Crippen molar-refractivity contribution in [2.45, 2.75) is 45.3 Å². The molecule has 140 valence electrons. The van der Waals surface area contributed by atoms with Gasteiger partial charge in [-0.2, -0.15) is 0 Å². The molecule has 0 spiro atoms. The fraction of sp³-hybridized carbons (Fsp3) is 0.476. The number of aryl methyl sites for hydroxylation is 3. The van der Waals surface area contributed by atoms with E-state index in [0.717, 1.165) is 37.8 Å². The van der Waals surface area contributed by atoms with Gasteiger partial charge in [-0.15, -0.1) is 0 Å². The third kappa shape index (κ3) is 5.71. The molecule has 1 N–H and O–H groups in total. The normalized spacial score (nSPS) is 15.1. The fourth-order valence-corrected chi connectivity index (χ4v) is 2.97. The van der Waals surface area contributed by atoms with E-state index in [0.29, 0.717) is 19.1 Å². The molecule has 26 heavy (non-hydrogen) atoms. The number of nitrogens with zero attached hydrogens (tertiary/aromatic N) is 1. The predicted molar refractivity (Wildman–Crippen MR) is 99.6 cm³/mol. The van der Waals surface area contributed by atoms with E-state index >= 15 is 0 Å². The highest BCUT2D eigenvalue weighted by Crippen LogP contribution is 2.20. The van der Waals surface area contributed by atoms with E-state index in [4.69, 9.17) is 14.2 Å². The van der Waals surface area contributed by atoms with Gasteiger partial charge in [0.05, 0.1) is 13.2 Å². The third-order valence-electron chi connectivity index (χ3n) is 4.33. The van der Waals surface area contributed by atoms with E-state index in [1.165, 1.54) is 17.2 Å². The van der Waals surface area contributed by atoms with Gasteiger partial charge in [0.2, 0.25) is 5.88 Å². The summed E-state index contributed by atoms with van der Waals surface area (Å²) in [5.74, 6) is 0.560. The second-order valence-corrected chi connectivity index (χ2v) is 6.56. The number of pyridine rings is 1. The van der Waals surface area contributed by atoms with Crippen molar-refractivity contribution in [1.29, 1.82) is 0 Å². The van der Waals surface area contributed by atoms with Crippen LogP contribution in [0.5, 0.6) is 11.6 Å². The summed E-state index contributed by atoms with van der Waals surface area (Å²) >= 11 is 0. The Kier molecular flexibility index (Phi) is 6.86. The van der Waals surface area contributed by atoms with Crippen LogP contribution in [0.2, 0.25) is 0 Å². The van der Waals surface area contributed by atoms with Gasteiger partial charge in [0.15, 0.2) is 6.29 Å². The second-order valence-electron chi connectivity index (χ2n) is 6.56. The highest BCUT2D eigenvalue weighted by molar-refractivity contribution is 5.30. The van der Waals surface area contributed by atoms with Gasteiger partial charge < -0.3 is 19.3 Å². The van der Waals surface area contributed by atoms with Gasteiger partial charge >= 0.3 is 0 Å². The lowest BCUT2D eigenvalue weighted by Crippen LogP contribution is -2.30. The third-order valence-corrected chi connectivity index (χ3v) is 4.33. The minimum absolute atomic E-state index is 0.161. The van der Waals surface area contributed by atoms with Crippen LogP contribution in [-0.4, -0.2) is 36.2 Å². The monoisotopic (exact) mass is 357 g/mol. The number of hydrogen-bond donors (Lipinski definition) is 1. The number of benzene rings is 1. The molecule has 0 aliphatic carbocycles. The Morgan fingerprint density at radius 3 is 2.42 bits per heavy atom. The molecule has 1 saturated heterocycles. The molecule has 1 aromatic carbocycles. The summed E-state index contributed by atoms with van der Waals surface area (Å²) in [6, 6.07) is 11.9. The van der Waals surface area contributed by atoms with Gasteiger partial charge in [-0.3, -0.25) is 0 Å². The number of aromatic nitrogens is 1. The molecule has 2 heterocycles. The molecule has 3 rings (SSSR count). The van der Waals surface area contributed by atoms with E-state index < -0.39 is 0 Å². The van der Waals surface area contributed by atoms with Gasteiger partial charge in [0.1, 0.15) is 12.4 Å². The van der Waals surface area contributed by atoms with Crippen molar-refractivity contribution in [2.75, 3.05) is 19.8 Å². The first-order chi connectivity index (χ1) is 12.7. The summed E-state index contributed by atoms with van der Waals surface area (Å²) in [6.45, 7) is 3.83. The van der Waals surface area contributed by atoms with E-state index in [-0.39, 0.29) is 18.6 Å². The first-order valence-corrected chi connectivity index (χ1v) is 9.36. The first kappa shape index (κ1) is 18.7. The second kappa shape index (κ2) is 9.55. The maximum absolute atomic E-state index is 9.94. The fourth-order valence-electron chi connectivity index (χ4n) is 2.97. The zero-order chi connectivity index (χ0) is 18.2. The summed E-state index contributed by atoms with van der Waals surface area (Å²) in [5, 5.41) is 9.94. The van der Waals surface area contributed by atoms with E-state index in [1.807, 2.05) is 0 Å². The summed E-state index contributed by atoms with van der Waals surface area (Å²) in [7, 11) is 0. The molecule has 1 aliphatic heterocycles. The lowest BCUT2D eigenvalue weighted by Gasteiger charge is -2.23. The Morgan fingerprint density at radius 2 is 1.73 bits per heavy atom. The molecule has 1 aliphatic rings. The van der Waals surface area contributed by atoms with Gasteiger partial charge in [-0.05, 0) is 36.8 Å². The Bertz CT molecular complexity index is 681. The molecular formula is C21H27NO4. The van der Waals surface area contributed by atoms with E-state index in [2.05, 4.69) is 36.2 Å². The SMILES string of the molecule is CCCc1ccc(CCc2cc(O)cc(OCC3OCCCO3)n2)cc1. The lowest BCUT2D eigenvalue weighted by molar-refractivity contribution is -0.191. The predicted octanol–water partition coefficient (Wildman–Crippen LogP) is 3.67. The van der Waals surface area contributed by atoms with Crippen molar-refractivity contribution in [3.05, 3.63) is 53.2 Å². The molecule has 5 heteroatoms. The summed E-state index contributed by atoms with van der Waals surface area (Å²) in [6.07, 6.45) is 4.43. The molecule has 0 atom stereocenters. The summed E-state index contributed by atoms with van der Waals surface area (Å²) < 4.78 is 16.6. The minimum Gasteiger partial charge on any atom is -0.508 e. The van der Waals surface area contributed by atoms with Gasteiger partial charge in [-0.1, -0.05) is 37.6 Å². The van der Waals surface area contributed by atoms with Crippen LogP contribution in [0, 0.1) is 0 Å². The van der Waals surface area contributed by atoms with Crippen molar-refractivity contribution in [2.24, 2.45) is 0 Å². The van der Waals surface area contributed by atoms with E-state index in [1.54, 1.807) is 6.07 Å². The van der Waals surface area contributed by atoms with Crippen LogP contribution >= 0.6 is 0 Å². The molecule has 0 bridgehead atoms. The van der Waals surface area contributed by atoms with Crippen molar-refractivity contribution >= 4 is 0 Å². The summed E-state index contributed by atoms with van der Waals surface area (Å²) in [4.78, 5) is 4.49. The average Bonchev–Trinajstić information content (AvgIpc) is 2.67. The molecule has 1 aromatic heterocycles. The Balaban J connectivity index is 1.54. The zero-order valence-electron chi connectivity index (χ0n) is 15.3. The van der Waals surface area contributed by atoms with Crippen LogP contribution in [0.3, 0.4) is 0 Å². The topological polar surface area (TPSA) is 60.8 Å². The standard InChI is InChI=1S/C21H27NO4/c1-2-4-16-5-7-17(8-6-16)9-10-18-13-19(23)14-20(22-18)26-15-21-24-11-3-12-25-21/h5-8,13-14,21H,2-4,9-12,15H2,1H3,(H,22,23). The molecule has 1 fully saturated rings. The quantitative estimate of drug-likeness (QED) is 0.781. The van der Waals surface area contributed by atoms with Gasteiger partial charge in [-0.25, -0.2) is 4.98 Å². The highest BCUT2D eigenvalue weighted by Gasteiger charge is 2.15. The smallest absolute Gasteiger partial charge is 0.217 e. The van der Waals surface area contributed by atoms with Crippen LogP contribution in [0.15, 0.2) is 36.4 Å². The number of aromatic hydroxyl groups is 1. The maximum atomic E-state index is 9.94. The van der Waals surface area contributed by atoms with Crippen LogP contribution in [0.4, 0.5) is 0 Å². The number of rotatable bonds is 8. The number of ether oxygens (including phenoxy) is 3. The van der Waals surface area contributed by atoms with Gasteiger partial charge in [0.25, 0.3) is 0 Å². The Morgan fingerprint density at radius 1 is 1.04 bits per heavy atom. The van der Waals surface area contributed by atoms with Crippen LogP contribution < -0.4 is 4.74 Å². The first-order valence-electron chi connectivity index (χ1n) is 9.36. The maximum Gasteiger partial charge on any atom is 0.217 e. The molecule has 5 nitrogen and oxygen atoms in total. The Labute approximate surface area is 154 Å². The molecule has 0 radical (unpaired) electrons. The van der Waals surface area contributed by atoms with Crippen LogP contribution in [0.1, 0.15) is 36.6 Å². The highest BCUT2D eigenvalue weighted by atomic mass is 16.7.